The molecule has 0 radical (unpaired) electrons. The van der Waals surface area contributed by atoms with Crippen LogP contribution in [0.5, 0.6) is 0 Å². The molecule has 0 amide bonds. The summed E-state index contributed by atoms with van der Waals surface area (Å²) < 4.78 is 13.2. The van der Waals surface area contributed by atoms with Crippen LogP contribution in [0.2, 0.25) is 5.02 Å². The van der Waals surface area contributed by atoms with E-state index in [0.29, 0.717) is 17.0 Å². The van der Waals surface area contributed by atoms with Gasteiger partial charge in [0.25, 0.3) is 0 Å². The smallest absolute Gasteiger partial charge is 0.127 e. The number of aryl methyl sites for hydroxylation is 1. The van der Waals surface area contributed by atoms with Gasteiger partial charge in [-0.1, -0.05) is 23.7 Å². The maximum atomic E-state index is 13.2. The third-order valence-corrected chi connectivity index (χ3v) is 2.50. The van der Waals surface area contributed by atoms with Crippen LogP contribution in [0, 0.1) is 12.7 Å². The van der Waals surface area contributed by atoms with Gasteiger partial charge in [0.1, 0.15) is 5.82 Å². The molecular weight excluding hydrogens is 187 g/mol. The van der Waals surface area contributed by atoms with Crippen molar-refractivity contribution in [3.63, 3.8) is 0 Å². The lowest BCUT2D eigenvalue weighted by atomic mass is 10.1. The second kappa shape index (κ2) is 4.43. The van der Waals surface area contributed by atoms with Crippen molar-refractivity contribution in [3.8, 4) is 0 Å². The largest absolute Gasteiger partial charge is 0.207 e. The lowest BCUT2D eigenvalue weighted by Gasteiger charge is -2.06. The Morgan fingerprint density at radius 3 is 2.85 bits per heavy atom. The molecule has 0 fully saturated rings. The van der Waals surface area contributed by atoms with Crippen LogP contribution in [0.15, 0.2) is 24.8 Å². The molecule has 2 heteroatoms. The van der Waals surface area contributed by atoms with Crippen LogP contribution in [0.4, 0.5) is 4.39 Å². The van der Waals surface area contributed by atoms with Gasteiger partial charge >= 0.3 is 0 Å². The van der Waals surface area contributed by atoms with E-state index in [1.54, 1.807) is 12.1 Å². The summed E-state index contributed by atoms with van der Waals surface area (Å²) in [5.74, 6) is -0.225. The van der Waals surface area contributed by atoms with E-state index >= 15 is 0 Å². The lowest BCUT2D eigenvalue weighted by molar-refractivity contribution is 0.609. The zero-order valence-corrected chi connectivity index (χ0v) is 8.37. The van der Waals surface area contributed by atoms with Crippen LogP contribution in [-0.2, 0) is 6.42 Å². The van der Waals surface area contributed by atoms with Crippen molar-refractivity contribution in [2.75, 3.05) is 0 Å². The number of benzene rings is 1. The van der Waals surface area contributed by atoms with E-state index < -0.39 is 0 Å². The van der Waals surface area contributed by atoms with Gasteiger partial charge in [-0.15, -0.1) is 6.58 Å². The maximum Gasteiger partial charge on any atom is 0.127 e. The van der Waals surface area contributed by atoms with E-state index in [9.17, 15) is 4.39 Å². The van der Waals surface area contributed by atoms with Crippen molar-refractivity contribution in [2.24, 2.45) is 0 Å². The van der Waals surface area contributed by atoms with Crippen molar-refractivity contribution >= 4 is 11.6 Å². The van der Waals surface area contributed by atoms with Crippen LogP contribution in [0.25, 0.3) is 0 Å². The van der Waals surface area contributed by atoms with Gasteiger partial charge in [0.2, 0.25) is 0 Å². The van der Waals surface area contributed by atoms with Crippen molar-refractivity contribution in [1.29, 1.82) is 0 Å². The summed E-state index contributed by atoms with van der Waals surface area (Å²) in [6.07, 6.45) is 3.13. The molecule has 0 aromatic heterocycles. The van der Waals surface area contributed by atoms with Gasteiger partial charge in [-0.25, -0.2) is 4.39 Å². The summed E-state index contributed by atoms with van der Waals surface area (Å²) >= 11 is 5.96. The van der Waals surface area contributed by atoms with Crippen molar-refractivity contribution in [1.82, 2.24) is 0 Å². The average Bonchev–Trinajstić information content (AvgIpc) is 2.12. The van der Waals surface area contributed by atoms with Gasteiger partial charge in [0, 0.05) is 10.6 Å². The average molecular weight is 199 g/mol. The van der Waals surface area contributed by atoms with E-state index in [1.165, 1.54) is 6.07 Å². The van der Waals surface area contributed by atoms with Crippen LogP contribution in [0.1, 0.15) is 17.5 Å². The Hall–Kier alpha value is -0.820. The summed E-state index contributed by atoms with van der Waals surface area (Å²) in [5, 5.41) is 0.543. The van der Waals surface area contributed by atoms with E-state index in [2.05, 4.69) is 6.58 Å². The van der Waals surface area contributed by atoms with E-state index in [-0.39, 0.29) is 5.82 Å². The van der Waals surface area contributed by atoms with E-state index in [1.807, 2.05) is 6.92 Å². The molecule has 13 heavy (non-hydrogen) atoms. The molecule has 0 spiro atoms. The quantitative estimate of drug-likeness (QED) is 0.647. The molecule has 0 nitrogen and oxygen atoms in total. The maximum absolute atomic E-state index is 13.2. The molecule has 0 aliphatic carbocycles. The van der Waals surface area contributed by atoms with Crippen LogP contribution in [-0.4, -0.2) is 0 Å². The topological polar surface area (TPSA) is 0 Å². The first-order chi connectivity index (χ1) is 6.16. The molecule has 0 bridgehead atoms. The molecule has 0 heterocycles. The summed E-state index contributed by atoms with van der Waals surface area (Å²) in [6, 6.07) is 3.15. The highest BCUT2D eigenvalue weighted by atomic mass is 35.5. The van der Waals surface area contributed by atoms with Gasteiger partial charge in [-0.05, 0) is 31.4 Å². The minimum absolute atomic E-state index is 0.225. The Kier molecular flexibility index (Phi) is 3.49. The number of hydrogen-bond acceptors (Lipinski definition) is 0. The minimum Gasteiger partial charge on any atom is -0.207 e. The van der Waals surface area contributed by atoms with Gasteiger partial charge < -0.3 is 0 Å². The van der Waals surface area contributed by atoms with Crippen LogP contribution in [0.3, 0.4) is 0 Å². The number of halogens is 2. The molecule has 0 saturated heterocycles. The summed E-state index contributed by atoms with van der Waals surface area (Å²) in [6.45, 7) is 5.47. The normalized spacial score (nSPS) is 10.1. The fourth-order valence-corrected chi connectivity index (χ4v) is 1.44. The molecule has 70 valence electrons. The lowest BCUT2D eigenvalue weighted by Crippen LogP contribution is -1.93. The standard InChI is InChI=1S/C11H12ClF/c1-3-4-5-9-10(13)7-6-8(2)11(9)12/h3,6-7H,1,4-5H2,2H3. The Morgan fingerprint density at radius 1 is 1.54 bits per heavy atom. The Labute approximate surface area is 83.0 Å². The molecular formula is C11H12ClF. The van der Waals surface area contributed by atoms with Gasteiger partial charge in [0.15, 0.2) is 0 Å². The Balaban J connectivity index is 3.02. The highest BCUT2D eigenvalue weighted by Gasteiger charge is 2.07. The van der Waals surface area contributed by atoms with E-state index in [0.717, 1.165) is 12.0 Å². The predicted octanol–water partition coefficient (Wildman–Crippen LogP) is 3.91. The molecule has 0 N–H and O–H groups in total. The molecule has 0 aliphatic rings. The second-order valence-electron chi connectivity index (χ2n) is 2.98. The SMILES string of the molecule is C=CCCc1c(F)ccc(C)c1Cl. The predicted molar refractivity (Wildman–Crippen MR) is 54.7 cm³/mol. The third-order valence-electron chi connectivity index (χ3n) is 1.98. The van der Waals surface area contributed by atoms with Crippen molar-refractivity contribution in [2.45, 2.75) is 19.8 Å². The molecule has 1 aromatic rings. The van der Waals surface area contributed by atoms with Gasteiger partial charge in [-0.2, -0.15) is 0 Å². The number of rotatable bonds is 3. The number of allylic oxidation sites excluding steroid dienone is 1. The fourth-order valence-electron chi connectivity index (χ4n) is 1.19. The Bertz CT molecular complexity index is 318. The monoisotopic (exact) mass is 198 g/mol. The zero-order valence-electron chi connectivity index (χ0n) is 7.61. The zero-order chi connectivity index (χ0) is 9.84. The third kappa shape index (κ3) is 2.31. The second-order valence-corrected chi connectivity index (χ2v) is 3.36. The molecule has 0 saturated carbocycles. The summed E-state index contributed by atoms with van der Waals surface area (Å²) in [7, 11) is 0. The van der Waals surface area contributed by atoms with Crippen LogP contribution < -0.4 is 0 Å². The first-order valence-corrected chi connectivity index (χ1v) is 4.59. The van der Waals surface area contributed by atoms with Gasteiger partial charge in [-0.3, -0.25) is 0 Å². The van der Waals surface area contributed by atoms with E-state index in [4.69, 9.17) is 11.6 Å². The first-order valence-electron chi connectivity index (χ1n) is 4.21. The molecule has 1 aromatic carbocycles. The first kappa shape index (κ1) is 10.3. The fraction of sp³-hybridized carbons (Fsp3) is 0.273. The highest BCUT2D eigenvalue weighted by molar-refractivity contribution is 6.32. The van der Waals surface area contributed by atoms with Gasteiger partial charge in [0.05, 0.1) is 0 Å². The molecule has 0 atom stereocenters. The number of hydrogen-bond donors (Lipinski definition) is 0. The van der Waals surface area contributed by atoms with Crippen molar-refractivity contribution < 1.29 is 4.39 Å². The highest BCUT2D eigenvalue weighted by Crippen LogP contribution is 2.24. The summed E-state index contributed by atoms with van der Waals surface area (Å²) in [5.41, 5.74) is 1.52. The molecule has 0 unspecified atom stereocenters. The summed E-state index contributed by atoms with van der Waals surface area (Å²) in [4.78, 5) is 0. The minimum atomic E-state index is -0.225. The molecule has 0 aliphatic heterocycles. The molecule has 1 rings (SSSR count). The van der Waals surface area contributed by atoms with Crippen LogP contribution >= 0.6 is 11.6 Å². The van der Waals surface area contributed by atoms with Crippen molar-refractivity contribution in [3.05, 3.63) is 46.8 Å². The Morgan fingerprint density at radius 2 is 2.23 bits per heavy atom.